The maximum atomic E-state index is 13.9. The molecule has 0 aliphatic carbocycles. The van der Waals surface area contributed by atoms with Gasteiger partial charge < -0.3 is 15.1 Å². The highest BCUT2D eigenvalue weighted by molar-refractivity contribution is 7.98. The van der Waals surface area contributed by atoms with Crippen molar-refractivity contribution in [3.63, 3.8) is 0 Å². The summed E-state index contributed by atoms with van der Waals surface area (Å²) in [6.07, 6.45) is 4.43. The molecule has 0 radical (unpaired) electrons. The van der Waals surface area contributed by atoms with Crippen molar-refractivity contribution in [2.24, 2.45) is 4.99 Å². The molecule has 1 N–H and O–H groups in total. The highest BCUT2D eigenvalue weighted by Crippen LogP contribution is 2.21. The molecule has 0 saturated carbocycles. The lowest BCUT2D eigenvalue weighted by Crippen LogP contribution is -2.52. The third-order valence-electron chi connectivity index (χ3n) is 4.10. The molecule has 2 rings (SSSR count). The molecule has 1 aromatic carbocycles. The van der Waals surface area contributed by atoms with Gasteiger partial charge in [0, 0.05) is 45.8 Å². The van der Waals surface area contributed by atoms with Crippen LogP contribution in [0.4, 0.5) is 14.5 Å². The minimum Gasteiger partial charge on any atom is -0.366 e. The number of benzene rings is 1. The van der Waals surface area contributed by atoms with Crippen LogP contribution in [0.15, 0.2) is 23.2 Å². The predicted molar refractivity (Wildman–Crippen MR) is 99.1 cm³/mol. The van der Waals surface area contributed by atoms with Gasteiger partial charge in [0.25, 0.3) is 0 Å². The predicted octanol–water partition coefficient (Wildman–Crippen LogP) is 2.81. The zero-order valence-corrected chi connectivity index (χ0v) is 15.2. The third kappa shape index (κ3) is 5.26. The van der Waals surface area contributed by atoms with Crippen LogP contribution < -0.4 is 10.2 Å². The summed E-state index contributed by atoms with van der Waals surface area (Å²) < 4.78 is 27.2. The Balaban J connectivity index is 1.83. The molecule has 1 aromatic rings. The summed E-state index contributed by atoms with van der Waals surface area (Å²) in [5.74, 6) is 1.29. The van der Waals surface area contributed by atoms with E-state index in [-0.39, 0.29) is 5.82 Å². The first-order valence-electron chi connectivity index (χ1n) is 8.30. The van der Waals surface area contributed by atoms with Gasteiger partial charge in [-0.25, -0.2) is 8.78 Å². The zero-order valence-electron chi connectivity index (χ0n) is 14.4. The normalized spacial score (nSPS) is 15.8. The van der Waals surface area contributed by atoms with Gasteiger partial charge in [0.2, 0.25) is 0 Å². The Labute approximate surface area is 147 Å². The quantitative estimate of drug-likeness (QED) is 0.482. The van der Waals surface area contributed by atoms with Gasteiger partial charge >= 0.3 is 0 Å². The molecule has 1 aliphatic heterocycles. The maximum Gasteiger partial charge on any atom is 0.193 e. The average molecular weight is 356 g/mol. The van der Waals surface area contributed by atoms with Crippen molar-refractivity contribution in [2.45, 2.75) is 12.8 Å². The zero-order chi connectivity index (χ0) is 17.4. The Morgan fingerprint density at radius 1 is 1.21 bits per heavy atom. The van der Waals surface area contributed by atoms with Gasteiger partial charge in [-0.2, -0.15) is 11.8 Å². The molecule has 134 valence electrons. The van der Waals surface area contributed by atoms with Gasteiger partial charge in [-0.3, -0.25) is 4.99 Å². The SMILES string of the molecule is CN=C(NCCCCSC)N1CCN(c2cc(F)ccc2F)CC1. The van der Waals surface area contributed by atoms with Gasteiger partial charge in [0.15, 0.2) is 5.96 Å². The number of hydrogen-bond acceptors (Lipinski definition) is 3. The van der Waals surface area contributed by atoms with Crippen LogP contribution in [0.5, 0.6) is 0 Å². The van der Waals surface area contributed by atoms with Crippen LogP contribution in [0.2, 0.25) is 0 Å². The number of piperazine rings is 1. The van der Waals surface area contributed by atoms with E-state index in [9.17, 15) is 8.78 Å². The van der Waals surface area contributed by atoms with E-state index in [2.05, 4.69) is 21.5 Å². The Kier molecular flexibility index (Phi) is 7.62. The molecule has 1 heterocycles. The molecule has 0 aromatic heterocycles. The average Bonchev–Trinajstić information content (AvgIpc) is 2.60. The largest absolute Gasteiger partial charge is 0.366 e. The van der Waals surface area contributed by atoms with E-state index in [1.54, 1.807) is 7.05 Å². The fourth-order valence-corrected chi connectivity index (χ4v) is 3.28. The van der Waals surface area contributed by atoms with E-state index < -0.39 is 5.82 Å². The second-order valence-electron chi connectivity index (χ2n) is 5.74. The smallest absolute Gasteiger partial charge is 0.193 e. The van der Waals surface area contributed by atoms with Crippen molar-refractivity contribution in [3.05, 3.63) is 29.8 Å². The number of anilines is 1. The van der Waals surface area contributed by atoms with Crippen molar-refractivity contribution in [3.8, 4) is 0 Å². The first-order valence-corrected chi connectivity index (χ1v) is 9.69. The molecule has 0 atom stereocenters. The number of halogens is 2. The molecule has 1 aliphatic rings. The molecule has 4 nitrogen and oxygen atoms in total. The van der Waals surface area contributed by atoms with Crippen LogP contribution >= 0.6 is 11.8 Å². The van der Waals surface area contributed by atoms with Crippen molar-refractivity contribution < 1.29 is 8.78 Å². The molecule has 24 heavy (non-hydrogen) atoms. The number of rotatable bonds is 6. The molecule has 7 heteroatoms. The van der Waals surface area contributed by atoms with Crippen LogP contribution in [0, 0.1) is 11.6 Å². The first kappa shape index (κ1) is 18.8. The van der Waals surface area contributed by atoms with Gasteiger partial charge in [-0.05, 0) is 37.0 Å². The molecular formula is C17H26F2N4S. The maximum absolute atomic E-state index is 13.9. The lowest BCUT2D eigenvalue weighted by Gasteiger charge is -2.37. The number of unbranched alkanes of at least 4 members (excludes halogenated alkanes) is 1. The van der Waals surface area contributed by atoms with Crippen LogP contribution in [0.1, 0.15) is 12.8 Å². The molecular weight excluding hydrogens is 330 g/mol. The molecule has 1 fully saturated rings. The van der Waals surface area contributed by atoms with Crippen molar-refractivity contribution in [1.82, 2.24) is 10.2 Å². The van der Waals surface area contributed by atoms with E-state index >= 15 is 0 Å². The van der Waals surface area contributed by atoms with Crippen molar-refractivity contribution in [2.75, 3.05) is 56.7 Å². The number of guanidine groups is 1. The summed E-state index contributed by atoms with van der Waals surface area (Å²) in [5, 5.41) is 3.39. The number of hydrogen-bond donors (Lipinski definition) is 1. The summed E-state index contributed by atoms with van der Waals surface area (Å²) in [4.78, 5) is 8.39. The Bertz CT molecular complexity index is 545. The monoisotopic (exact) mass is 356 g/mol. The van der Waals surface area contributed by atoms with Gasteiger partial charge in [-0.15, -0.1) is 0 Å². The van der Waals surface area contributed by atoms with Crippen LogP contribution in [0.3, 0.4) is 0 Å². The highest BCUT2D eigenvalue weighted by Gasteiger charge is 2.21. The van der Waals surface area contributed by atoms with Crippen molar-refractivity contribution in [1.29, 1.82) is 0 Å². The lowest BCUT2D eigenvalue weighted by molar-refractivity contribution is 0.370. The minimum absolute atomic E-state index is 0.342. The van der Waals surface area contributed by atoms with E-state index in [1.165, 1.54) is 24.3 Å². The third-order valence-corrected chi connectivity index (χ3v) is 4.80. The van der Waals surface area contributed by atoms with E-state index in [4.69, 9.17) is 0 Å². The molecule has 1 saturated heterocycles. The topological polar surface area (TPSA) is 30.9 Å². The van der Waals surface area contributed by atoms with E-state index in [1.807, 2.05) is 16.7 Å². The summed E-state index contributed by atoms with van der Waals surface area (Å²) in [6.45, 7) is 3.67. The lowest BCUT2D eigenvalue weighted by atomic mass is 10.2. The fraction of sp³-hybridized carbons (Fsp3) is 0.588. The van der Waals surface area contributed by atoms with Gasteiger partial charge in [0.1, 0.15) is 11.6 Å². The summed E-state index contributed by atoms with van der Waals surface area (Å²) in [7, 11) is 1.78. The van der Waals surface area contributed by atoms with Gasteiger partial charge in [0.05, 0.1) is 5.69 Å². The summed E-state index contributed by atoms with van der Waals surface area (Å²) >= 11 is 1.86. The second kappa shape index (κ2) is 9.71. The standard InChI is InChI=1S/C17H26F2N4S/c1-20-17(21-7-3-4-12-24-2)23-10-8-22(9-11-23)16-13-14(18)5-6-15(16)19/h5-6,13H,3-4,7-12H2,1-2H3,(H,20,21). The Morgan fingerprint density at radius 3 is 2.62 bits per heavy atom. The van der Waals surface area contributed by atoms with Crippen LogP contribution in [0.25, 0.3) is 0 Å². The van der Waals surface area contributed by atoms with Crippen LogP contribution in [-0.4, -0.2) is 62.6 Å². The van der Waals surface area contributed by atoms with E-state index in [0.29, 0.717) is 18.8 Å². The molecule has 0 spiro atoms. The Morgan fingerprint density at radius 2 is 1.96 bits per heavy atom. The number of nitrogens with one attached hydrogen (secondary N) is 1. The summed E-state index contributed by atoms with van der Waals surface area (Å²) in [6, 6.07) is 3.60. The minimum atomic E-state index is -0.406. The number of nitrogens with zero attached hydrogens (tertiary/aromatic N) is 3. The van der Waals surface area contributed by atoms with E-state index in [0.717, 1.165) is 38.1 Å². The second-order valence-corrected chi connectivity index (χ2v) is 6.73. The highest BCUT2D eigenvalue weighted by atomic mass is 32.2. The Hall–Kier alpha value is -1.50. The number of aliphatic imine (C=N–C) groups is 1. The fourth-order valence-electron chi connectivity index (χ4n) is 2.79. The first-order chi connectivity index (χ1) is 11.7. The van der Waals surface area contributed by atoms with Crippen LogP contribution in [-0.2, 0) is 0 Å². The number of thioether (sulfide) groups is 1. The van der Waals surface area contributed by atoms with Crippen molar-refractivity contribution >= 4 is 23.4 Å². The molecule has 0 amide bonds. The molecule has 0 unspecified atom stereocenters. The van der Waals surface area contributed by atoms with Gasteiger partial charge in [-0.1, -0.05) is 0 Å². The molecule has 0 bridgehead atoms. The summed E-state index contributed by atoms with van der Waals surface area (Å²) in [5.41, 5.74) is 0.342.